The Labute approximate surface area is 196 Å². The molecule has 3 heterocycles. The standard InChI is InChI=1S/C22H22F3N5O3S/c1-13-16(19(32)29-20(26-13)30-7-9-33-10-8-30)5-6-18(31)28-21-27-17(12-34-21)14-3-2-4-15(11-14)22(23,24)25/h2-4,11-12H,5-10H2,1H3,(H,26,29,32)(H,27,28,31). The number of alkyl halides is 3. The third-order valence-corrected chi connectivity index (χ3v) is 6.12. The van der Waals surface area contributed by atoms with Crippen LogP contribution in [0.2, 0.25) is 0 Å². The first-order chi connectivity index (χ1) is 16.2. The molecule has 2 N–H and O–H groups in total. The number of carbonyl (C=O) groups excluding carboxylic acids is 1. The van der Waals surface area contributed by atoms with Gasteiger partial charge in [0.05, 0.1) is 24.5 Å². The lowest BCUT2D eigenvalue weighted by Gasteiger charge is -2.27. The Morgan fingerprint density at radius 3 is 2.74 bits per heavy atom. The van der Waals surface area contributed by atoms with Gasteiger partial charge in [-0.15, -0.1) is 11.3 Å². The predicted molar refractivity (Wildman–Crippen MR) is 122 cm³/mol. The van der Waals surface area contributed by atoms with Gasteiger partial charge in [0.2, 0.25) is 11.9 Å². The first-order valence-corrected chi connectivity index (χ1v) is 11.4. The SMILES string of the molecule is Cc1nc(N2CCOCC2)[nH]c(=O)c1CCC(=O)Nc1nc(-c2cccc(C(F)(F)F)c2)cs1. The Kier molecular flexibility index (Phi) is 6.98. The number of rotatable bonds is 6. The number of aryl methyl sites for hydroxylation is 1. The molecule has 4 rings (SSSR count). The van der Waals surface area contributed by atoms with Crippen molar-refractivity contribution in [3.63, 3.8) is 0 Å². The highest BCUT2D eigenvalue weighted by molar-refractivity contribution is 7.14. The molecule has 0 unspecified atom stereocenters. The average molecular weight is 494 g/mol. The van der Waals surface area contributed by atoms with E-state index in [0.717, 1.165) is 23.5 Å². The Morgan fingerprint density at radius 2 is 2.03 bits per heavy atom. The van der Waals surface area contributed by atoms with Crippen LogP contribution in [0.3, 0.4) is 0 Å². The third-order valence-electron chi connectivity index (χ3n) is 5.36. The van der Waals surface area contributed by atoms with E-state index in [9.17, 15) is 22.8 Å². The summed E-state index contributed by atoms with van der Waals surface area (Å²) in [5.74, 6) is 0.130. The molecular weight excluding hydrogens is 471 g/mol. The summed E-state index contributed by atoms with van der Waals surface area (Å²) in [6.45, 7) is 4.14. The van der Waals surface area contributed by atoms with E-state index < -0.39 is 11.7 Å². The number of halogens is 3. The number of H-pyrrole nitrogens is 1. The summed E-state index contributed by atoms with van der Waals surface area (Å²) < 4.78 is 44.2. The van der Waals surface area contributed by atoms with Gasteiger partial charge in [0.1, 0.15) is 0 Å². The molecule has 0 spiro atoms. The molecule has 1 aromatic carbocycles. The van der Waals surface area contributed by atoms with Crippen molar-refractivity contribution in [3.05, 3.63) is 56.8 Å². The van der Waals surface area contributed by atoms with E-state index in [2.05, 4.69) is 20.3 Å². The van der Waals surface area contributed by atoms with E-state index in [0.29, 0.717) is 54.8 Å². The van der Waals surface area contributed by atoms with Crippen LogP contribution in [0.25, 0.3) is 11.3 Å². The van der Waals surface area contributed by atoms with Crippen LogP contribution in [0.1, 0.15) is 23.2 Å². The molecule has 0 aliphatic carbocycles. The van der Waals surface area contributed by atoms with Crippen LogP contribution in [0.15, 0.2) is 34.4 Å². The normalized spacial score (nSPS) is 14.3. The van der Waals surface area contributed by atoms with Crippen molar-refractivity contribution < 1.29 is 22.7 Å². The molecule has 34 heavy (non-hydrogen) atoms. The summed E-state index contributed by atoms with van der Waals surface area (Å²) in [6, 6.07) is 4.85. The molecule has 1 saturated heterocycles. The molecule has 3 aromatic rings. The fourth-order valence-electron chi connectivity index (χ4n) is 3.55. The highest BCUT2D eigenvalue weighted by Crippen LogP contribution is 2.33. The predicted octanol–water partition coefficient (Wildman–Crippen LogP) is 3.63. The second-order valence-electron chi connectivity index (χ2n) is 7.72. The summed E-state index contributed by atoms with van der Waals surface area (Å²) in [7, 11) is 0. The Hall–Kier alpha value is -3.25. The maximum Gasteiger partial charge on any atom is 0.416 e. The topological polar surface area (TPSA) is 100 Å². The quantitative estimate of drug-likeness (QED) is 0.544. The van der Waals surface area contributed by atoms with Gasteiger partial charge in [-0.2, -0.15) is 13.2 Å². The lowest BCUT2D eigenvalue weighted by molar-refractivity contribution is -0.137. The van der Waals surface area contributed by atoms with Gasteiger partial charge in [-0.25, -0.2) is 9.97 Å². The van der Waals surface area contributed by atoms with Gasteiger partial charge in [-0.3, -0.25) is 14.6 Å². The van der Waals surface area contributed by atoms with Gasteiger partial charge in [0.15, 0.2) is 5.13 Å². The van der Waals surface area contributed by atoms with Crippen molar-refractivity contribution in [1.29, 1.82) is 0 Å². The Balaban J connectivity index is 1.38. The zero-order valence-corrected chi connectivity index (χ0v) is 19.1. The molecule has 0 radical (unpaired) electrons. The number of nitrogens with zero attached hydrogens (tertiary/aromatic N) is 3. The van der Waals surface area contributed by atoms with Gasteiger partial charge >= 0.3 is 6.18 Å². The molecule has 1 amide bonds. The zero-order chi connectivity index (χ0) is 24.3. The van der Waals surface area contributed by atoms with Gasteiger partial charge in [-0.1, -0.05) is 12.1 Å². The number of anilines is 2. The maximum absolute atomic E-state index is 12.9. The van der Waals surface area contributed by atoms with Crippen molar-refractivity contribution in [2.24, 2.45) is 0 Å². The first-order valence-electron chi connectivity index (χ1n) is 10.6. The molecule has 12 heteroatoms. The number of hydrogen-bond acceptors (Lipinski definition) is 7. The summed E-state index contributed by atoms with van der Waals surface area (Å²) in [5.41, 5.74) is 0.567. The fraction of sp³-hybridized carbons (Fsp3) is 0.364. The van der Waals surface area contributed by atoms with Crippen molar-refractivity contribution >= 4 is 28.3 Å². The minimum atomic E-state index is -4.45. The summed E-state index contributed by atoms with van der Waals surface area (Å²) in [4.78, 5) is 38.4. The van der Waals surface area contributed by atoms with Crippen LogP contribution in [0, 0.1) is 6.92 Å². The van der Waals surface area contributed by atoms with E-state index in [-0.39, 0.29) is 29.4 Å². The van der Waals surface area contributed by atoms with Crippen molar-refractivity contribution in [2.75, 3.05) is 36.5 Å². The van der Waals surface area contributed by atoms with E-state index in [4.69, 9.17) is 4.74 Å². The smallest absolute Gasteiger partial charge is 0.378 e. The number of hydrogen-bond donors (Lipinski definition) is 2. The number of amides is 1. The number of thiazole rings is 1. The molecule has 1 aliphatic heterocycles. The summed E-state index contributed by atoms with van der Waals surface area (Å²) in [5, 5.41) is 4.49. The molecule has 0 bridgehead atoms. The summed E-state index contributed by atoms with van der Waals surface area (Å²) in [6.07, 6.45) is -4.23. The number of aromatic amines is 1. The van der Waals surface area contributed by atoms with E-state index in [1.165, 1.54) is 12.1 Å². The van der Waals surface area contributed by atoms with Gasteiger partial charge < -0.3 is 15.0 Å². The van der Waals surface area contributed by atoms with Crippen LogP contribution >= 0.6 is 11.3 Å². The second-order valence-corrected chi connectivity index (χ2v) is 8.58. The first kappa shape index (κ1) is 23.9. The molecule has 0 atom stereocenters. The van der Waals surface area contributed by atoms with Crippen LogP contribution in [-0.4, -0.2) is 47.2 Å². The number of benzene rings is 1. The van der Waals surface area contributed by atoms with Crippen LogP contribution in [-0.2, 0) is 22.1 Å². The van der Waals surface area contributed by atoms with Crippen molar-refractivity contribution in [3.8, 4) is 11.3 Å². The average Bonchev–Trinajstić information content (AvgIpc) is 3.27. The molecule has 2 aromatic heterocycles. The fourth-order valence-corrected chi connectivity index (χ4v) is 4.29. The zero-order valence-electron chi connectivity index (χ0n) is 18.2. The van der Waals surface area contributed by atoms with Crippen molar-refractivity contribution in [2.45, 2.75) is 25.9 Å². The Morgan fingerprint density at radius 1 is 1.26 bits per heavy atom. The molecule has 1 fully saturated rings. The van der Waals surface area contributed by atoms with E-state index >= 15 is 0 Å². The number of morpholine rings is 1. The monoisotopic (exact) mass is 493 g/mol. The number of ether oxygens (including phenoxy) is 1. The van der Waals surface area contributed by atoms with Crippen LogP contribution in [0.5, 0.6) is 0 Å². The Bertz CT molecular complexity index is 1240. The molecule has 0 saturated carbocycles. The number of aromatic nitrogens is 3. The minimum Gasteiger partial charge on any atom is -0.378 e. The highest BCUT2D eigenvalue weighted by Gasteiger charge is 2.30. The van der Waals surface area contributed by atoms with Crippen molar-refractivity contribution in [1.82, 2.24) is 15.0 Å². The second kappa shape index (κ2) is 9.94. The lowest BCUT2D eigenvalue weighted by Crippen LogP contribution is -2.38. The molecular formula is C22H22F3N5O3S. The minimum absolute atomic E-state index is 0.0287. The number of nitrogens with one attached hydrogen (secondary N) is 2. The highest BCUT2D eigenvalue weighted by atomic mass is 32.1. The largest absolute Gasteiger partial charge is 0.416 e. The maximum atomic E-state index is 12.9. The molecule has 8 nitrogen and oxygen atoms in total. The number of carbonyl (C=O) groups is 1. The van der Waals surface area contributed by atoms with Gasteiger partial charge in [-0.05, 0) is 25.5 Å². The van der Waals surface area contributed by atoms with Crippen LogP contribution < -0.4 is 15.8 Å². The lowest BCUT2D eigenvalue weighted by atomic mass is 10.1. The molecule has 1 aliphatic rings. The third kappa shape index (κ3) is 5.62. The van der Waals surface area contributed by atoms with Crippen LogP contribution in [0.4, 0.5) is 24.3 Å². The van der Waals surface area contributed by atoms with E-state index in [1.54, 1.807) is 12.3 Å². The van der Waals surface area contributed by atoms with Gasteiger partial charge in [0.25, 0.3) is 5.56 Å². The van der Waals surface area contributed by atoms with E-state index in [1.807, 2.05) is 4.90 Å². The van der Waals surface area contributed by atoms with Gasteiger partial charge in [0, 0.05) is 41.7 Å². The molecule has 180 valence electrons. The summed E-state index contributed by atoms with van der Waals surface area (Å²) >= 11 is 1.11.